The van der Waals surface area contributed by atoms with Crippen molar-refractivity contribution in [1.82, 2.24) is 20.3 Å². The first kappa shape index (κ1) is 15.7. The fourth-order valence-corrected chi connectivity index (χ4v) is 2.17. The number of nitrogens with one attached hydrogen (secondary N) is 2. The molecule has 112 valence electrons. The number of para-hydroxylation sites is 1. The normalized spacial score (nSPS) is 10.6. The Bertz CT molecular complexity index is 599. The zero-order chi connectivity index (χ0) is 15.1. The molecule has 0 aliphatic heterocycles. The Morgan fingerprint density at radius 1 is 1.38 bits per heavy atom. The van der Waals surface area contributed by atoms with Crippen molar-refractivity contribution in [2.45, 2.75) is 26.4 Å². The molecule has 2 aromatic rings. The van der Waals surface area contributed by atoms with Crippen LogP contribution in [0.1, 0.15) is 19.0 Å². The molecule has 0 saturated carbocycles. The van der Waals surface area contributed by atoms with Crippen LogP contribution in [0.2, 0.25) is 0 Å². The van der Waals surface area contributed by atoms with E-state index in [9.17, 15) is 4.79 Å². The zero-order valence-corrected chi connectivity index (χ0v) is 13.4. The molecule has 1 heterocycles. The number of carbonyl (C=O) groups is 1. The van der Waals surface area contributed by atoms with E-state index in [1.54, 1.807) is 6.20 Å². The number of amides is 1. The van der Waals surface area contributed by atoms with Crippen LogP contribution in [0.25, 0.3) is 0 Å². The van der Waals surface area contributed by atoms with Crippen molar-refractivity contribution in [2.24, 2.45) is 0 Å². The monoisotopic (exact) mass is 351 g/mol. The van der Waals surface area contributed by atoms with E-state index in [1.165, 1.54) is 4.68 Å². The van der Waals surface area contributed by atoms with Crippen LogP contribution in [-0.4, -0.2) is 27.4 Å². The van der Waals surface area contributed by atoms with Gasteiger partial charge in [0.25, 0.3) is 0 Å². The van der Waals surface area contributed by atoms with Crippen LogP contribution in [0.3, 0.4) is 0 Å². The number of rotatable bonds is 7. The molecule has 1 amide bonds. The molecule has 1 aromatic carbocycles. The highest BCUT2D eigenvalue weighted by Crippen LogP contribution is 2.20. The third-order valence-electron chi connectivity index (χ3n) is 2.77. The Kier molecular flexibility index (Phi) is 5.89. The van der Waals surface area contributed by atoms with Crippen LogP contribution in [0, 0.1) is 0 Å². The summed E-state index contributed by atoms with van der Waals surface area (Å²) in [6, 6.07) is 7.48. The molecule has 0 atom stereocenters. The van der Waals surface area contributed by atoms with Crippen molar-refractivity contribution in [1.29, 1.82) is 0 Å². The average molecular weight is 352 g/mol. The number of benzene rings is 1. The van der Waals surface area contributed by atoms with Crippen LogP contribution < -0.4 is 10.6 Å². The molecular formula is C14H18BrN5O. The molecule has 1 aromatic heterocycles. The number of hydrogen-bond acceptors (Lipinski definition) is 4. The van der Waals surface area contributed by atoms with E-state index in [2.05, 4.69) is 43.8 Å². The lowest BCUT2D eigenvalue weighted by Gasteiger charge is -2.06. The molecule has 0 aliphatic rings. The molecule has 0 bridgehead atoms. The number of aromatic nitrogens is 3. The second-order valence-corrected chi connectivity index (χ2v) is 5.47. The van der Waals surface area contributed by atoms with Gasteiger partial charge in [-0.3, -0.25) is 4.79 Å². The van der Waals surface area contributed by atoms with E-state index in [0.717, 1.165) is 28.8 Å². The van der Waals surface area contributed by atoms with Crippen LogP contribution >= 0.6 is 15.9 Å². The molecule has 0 aliphatic carbocycles. The van der Waals surface area contributed by atoms with Gasteiger partial charge in [0, 0.05) is 11.0 Å². The van der Waals surface area contributed by atoms with Gasteiger partial charge in [-0.25, -0.2) is 4.68 Å². The van der Waals surface area contributed by atoms with E-state index in [0.29, 0.717) is 6.54 Å². The van der Waals surface area contributed by atoms with Crippen LogP contribution in [0.15, 0.2) is 34.9 Å². The SMILES string of the molecule is CCCNCc1cn(CC(=O)Nc2ccccc2Br)nn1. The Morgan fingerprint density at radius 3 is 2.95 bits per heavy atom. The molecule has 7 heteroatoms. The van der Waals surface area contributed by atoms with E-state index in [-0.39, 0.29) is 12.5 Å². The molecule has 0 fully saturated rings. The van der Waals surface area contributed by atoms with Crippen LogP contribution in [-0.2, 0) is 17.9 Å². The molecule has 0 radical (unpaired) electrons. The third kappa shape index (κ3) is 4.95. The van der Waals surface area contributed by atoms with Gasteiger partial charge in [0.2, 0.25) is 5.91 Å². The van der Waals surface area contributed by atoms with Crippen LogP contribution in [0.4, 0.5) is 5.69 Å². The first-order valence-corrected chi connectivity index (χ1v) is 7.62. The molecule has 0 spiro atoms. The van der Waals surface area contributed by atoms with E-state index in [1.807, 2.05) is 24.3 Å². The quantitative estimate of drug-likeness (QED) is 0.750. The highest BCUT2D eigenvalue weighted by atomic mass is 79.9. The number of nitrogens with zero attached hydrogens (tertiary/aromatic N) is 3. The minimum Gasteiger partial charge on any atom is -0.323 e. The summed E-state index contributed by atoms with van der Waals surface area (Å²) in [6.45, 7) is 3.85. The lowest BCUT2D eigenvalue weighted by Crippen LogP contribution is -2.19. The number of halogens is 1. The number of hydrogen-bond donors (Lipinski definition) is 2. The predicted molar refractivity (Wildman–Crippen MR) is 84.8 cm³/mol. The predicted octanol–water partition coefficient (Wildman–Crippen LogP) is 2.18. The Hall–Kier alpha value is -1.73. The van der Waals surface area contributed by atoms with Gasteiger partial charge in [-0.1, -0.05) is 24.3 Å². The lowest BCUT2D eigenvalue weighted by molar-refractivity contribution is -0.116. The maximum Gasteiger partial charge on any atom is 0.246 e. The first-order chi connectivity index (χ1) is 10.2. The Balaban J connectivity index is 1.87. The summed E-state index contributed by atoms with van der Waals surface area (Å²) in [4.78, 5) is 12.0. The van der Waals surface area contributed by atoms with E-state index < -0.39 is 0 Å². The van der Waals surface area contributed by atoms with Gasteiger partial charge in [0.05, 0.1) is 17.6 Å². The summed E-state index contributed by atoms with van der Waals surface area (Å²) in [6.07, 6.45) is 2.85. The minimum absolute atomic E-state index is 0.139. The molecule has 2 rings (SSSR count). The van der Waals surface area contributed by atoms with Crippen molar-refractivity contribution in [3.8, 4) is 0 Å². The van der Waals surface area contributed by atoms with E-state index >= 15 is 0 Å². The van der Waals surface area contributed by atoms with Gasteiger partial charge in [0.15, 0.2) is 0 Å². The van der Waals surface area contributed by atoms with Crippen molar-refractivity contribution in [3.05, 3.63) is 40.6 Å². The molecule has 21 heavy (non-hydrogen) atoms. The lowest BCUT2D eigenvalue weighted by atomic mass is 10.3. The van der Waals surface area contributed by atoms with Gasteiger partial charge in [-0.2, -0.15) is 0 Å². The second kappa shape index (κ2) is 7.90. The maximum atomic E-state index is 12.0. The summed E-state index contributed by atoms with van der Waals surface area (Å²) in [5.41, 5.74) is 1.57. The molecule has 6 nitrogen and oxygen atoms in total. The topological polar surface area (TPSA) is 71.8 Å². The summed E-state index contributed by atoms with van der Waals surface area (Å²) < 4.78 is 2.39. The molecular weight excluding hydrogens is 334 g/mol. The first-order valence-electron chi connectivity index (χ1n) is 6.83. The average Bonchev–Trinajstić information content (AvgIpc) is 2.89. The summed E-state index contributed by atoms with van der Waals surface area (Å²) >= 11 is 3.39. The molecule has 0 saturated heterocycles. The van der Waals surface area contributed by atoms with Gasteiger partial charge >= 0.3 is 0 Å². The fraction of sp³-hybridized carbons (Fsp3) is 0.357. The Labute approximate surface area is 132 Å². The Morgan fingerprint density at radius 2 is 2.19 bits per heavy atom. The van der Waals surface area contributed by atoms with E-state index in [4.69, 9.17) is 0 Å². The summed E-state index contributed by atoms with van der Waals surface area (Å²) in [5.74, 6) is -0.139. The third-order valence-corrected chi connectivity index (χ3v) is 3.46. The van der Waals surface area contributed by atoms with Crippen molar-refractivity contribution in [3.63, 3.8) is 0 Å². The standard InChI is InChI=1S/C14H18BrN5O/c1-2-7-16-8-11-9-20(19-18-11)10-14(21)17-13-6-4-3-5-12(13)15/h3-6,9,16H,2,7-8,10H2,1H3,(H,17,21). The van der Waals surface area contributed by atoms with Crippen molar-refractivity contribution in [2.75, 3.05) is 11.9 Å². The zero-order valence-electron chi connectivity index (χ0n) is 11.8. The number of anilines is 1. The van der Waals surface area contributed by atoms with Crippen molar-refractivity contribution >= 4 is 27.5 Å². The minimum atomic E-state index is -0.139. The van der Waals surface area contributed by atoms with Gasteiger partial charge in [0.1, 0.15) is 6.54 Å². The second-order valence-electron chi connectivity index (χ2n) is 4.61. The summed E-state index contributed by atoms with van der Waals surface area (Å²) in [5, 5.41) is 14.1. The smallest absolute Gasteiger partial charge is 0.246 e. The van der Waals surface area contributed by atoms with Gasteiger partial charge in [-0.05, 0) is 41.0 Å². The summed E-state index contributed by atoms with van der Waals surface area (Å²) in [7, 11) is 0. The fourth-order valence-electron chi connectivity index (χ4n) is 1.79. The van der Waals surface area contributed by atoms with Gasteiger partial charge < -0.3 is 10.6 Å². The highest BCUT2D eigenvalue weighted by Gasteiger charge is 2.08. The number of carbonyl (C=O) groups excluding carboxylic acids is 1. The highest BCUT2D eigenvalue weighted by molar-refractivity contribution is 9.10. The maximum absolute atomic E-state index is 12.0. The van der Waals surface area contributed by atoms with Crippen molar-refractivity contribution < 1.29 is 4.79 Å². The van der Waals surface area contributed by atoms with Crippen LogP contribution in [0.5, 0.6) is 0 Å². The molecule has 0 unspecified atom stereocenters. The molecule has 2 N–H and O–H groups in total. The van der Waals surface area contributed by atoms with Gasteiger partial charge in [-0.15, -0.1) is 5.10 Å². The largest absolute Gasteiger partial charge is 0.323 e.